The third-order valence-corrected chi connectivity index (χ3v) is 3.38. The van der Waals surface area contributed by atoms with Crippen LogP contribution in [-0.4, -0.2) is 11.7 Å². The van der Waals surface area contributed by atoms with Gasteiger partial charge >= 0.3 is 0 Å². The molecule has 1 aliphatic rings. The summed E-state index contributed by atoms with van der Waals surface area (Å²) in [6, 6.07) is 2.22. The van der Waals surface area contributed by atoms with E-state index in [4.69, 9.17) is 5.11 Å². The highest BCUT2D eigenvalue weighted by Gasteiger charge is 2.18. The maximum absolute atomic E-state index is 8.96. The van der Waals surface area contributed by atoms with Crippen LogP contribution in [0.3, 0.4) is 0 Å². The van der Waals surface area contributed by atoms with Gasteiger partial charge in [-0.1, -0.05) is 0 Å². The second-order valence-electron chi connectivity index (χ2n) is 3.16. The standard InChI is InChI=1S/C9H12OS/c10-6-7-1-2-8-3-4-11-9(8)5-7/h3-4,7,10H,1-2,5-6H2. The van der Waals surface area contributed by atoms with Gasteiger partial charge in [0.1, 0.15) is 0 Å². The third-order valence-electron chi connectivity index (χ3n) is 2.39. The van der Waals surface area contributed by atoms with Crippen LogP contribution in [-0.2, 0) is 12.8 Å². The van der Waals surface area contributed by atoms with Gasteiger partial charge in [-0.2, -0.15) is 0 Å². The summed E-state index contributed by atoms with van der Waals surface area (Å²) in [6.07, 6.45) is 3.44. The molecule has 0 fully saturated rings. The summed E-state index contributed by atoms with van der Waals surface area (Å²) in [6.45, 7) is 0.358. The third kappa shape index (κ3) is 1.33. The molecule has 0 saturated carbocycles. The fourth-order valence-electron chi connectivity index (χ4n) is 1.65. The molecule has 60 valence electrons. The van der Waals surface area contributed by atoms with Gasteiger partial charge in [0, 0.05) is 11.5 Å². The van der Waals surface area contributed by atoms with Gasteiger partial charge in [0.2, 0.25) is 0 Å². The number of aliphatic hydroxyl groups excluding tert-OH is 1. The number of hydrogen-bond donors (Lipinski definition) is 1. The quantitative estimate of drug-likeness (QED) is 0.678. The zero-order valence-electron chi connectivity index (χ0n) is 6.42. The molecule has 1 N–H and O–H groups in total. The predicted octanol–water partition coefficient (Wildman–Crippen LogP) is 1.85. The molecule has 0 amide bonds. The van der Waals surface area contributed by atoms with Crippen molar-refractivity contribution in [1.29, 1.82) is 0 Å². The largest absolute Gasteiger partial charge is 0.396 e. The molecule has 0 radical (unpaired) electrons. The Balaban J connectivity index is 2.18. The lowest BCUT2D eigenvalue weighted by Crippen LogP contribution is -2.15. The van der Waals surface area contributed by atoms with E-state index in [9.17, 15) is 0 Å². The van der Waals surface area contributed by atoms with Crippen LogP contribution < -0.4 is 0 Å². The van der Waals surface area contributed by atoms with Gasteiger partial charge in [0.25, 0.3) is 0 Å². The van der Waals surface area contributed by atoms with E-state index < -0.39 is 0 Å². The van der Waals surface area contributed by atoms with E-state index in [1.54, 1.807) is 0 Å². The monoisotopic (exact) mass is 168 g/mol. The first-order chi connectivity index (χ1) is 5.40. The number of thiophene rings is 1. The number of aliphatic hydroxyl groups is 1. The minimum absolute atomic E-state index is 0.358. The van der Waals surface area contributed by atoms with Crippen LogP contribution in [0.25, 0.3) is 0 Å². The molecule has 0 aliphatic heterocycles. The Morgan fingerprint density at radius 2 is 2.55 bits per heavy atom. The summed E-state index contributed by atoms with van der Waals surface area (Å²) in [4.78, 5) is 1.50. The highest BCUT2D eigenvalue weighted by molar-refractivity contribution is 7.10. The van der Waals surface area contributed by atoms with Crippen LogP contribution in [0.5, 0.6) is 0 Å². The summed E-state index contributed by atoms with van der Waals surface area (Å²) in [5.74, 6) is 0.529. The van der Waals surface area contributed by atoms with Gasteiger partial charge in [-0.15, -0.1) is 11.3 Å². The maximum Gasteiger partial charge on any atom is 0.0462 e. The van der Waals surface area contributed by atoms with Crippen molar-refractivity contribution in [2.75, 3.05) is 6.61 Å². The molecule has 0 aromatic carbocycles. The SMILES string of the molecule is OCC1CCc2ccsc2C1. The van der Waals surface area contributed by atoms with E-state index in [0.29, 0.717) is 12.5 Å². The maximum atomic E-state index is 8.96. The van der Waals surface area contributed by atoms with Gasteiger partial charge in [-0.05, 0) is 42.2 Å². The van der Waals surface area contributed by atoms with Crippen molar-refractivity contribution in [3.05, 3.63) is 21.9 Å². The number of rotatable bonds is 1. The van der Waals surface area contributed by atoms with Gasteiger partial charge in [-0.25, -0.2) is 0 Å². The number of aryl methyl sites for hydroxylation is 1. The van der Waals surface area contributed by atoms with Gasteiger partial charge in [-0.3, -0.25) is 0 Å². The van der Waals surface area contributed by atoms with Crippen molar-refractivity contribution in [3.63, 3.8) is 0 Å². The molecule has 2 rings (SSSR count). The lowest BCUT2D eigenvalue weighted by Gasteiger charge is -2.19. The van der Waals surface area contributed by atoms with Crippen molar-refractivity contribution < 1.29 is 5.11 Å². The Morgan fingerprint density at radius 1 is 1.64 bits per heavy atom. The molecule has 1 aromatic rings. The van der Waals surface area contributed by atoms with Crippen molar-refractivity contribution in [1.82, 2.24) is 0 Å². The number of hydrogen-bond acceptors (Lipinski definition) is 2. The fourth-order valence-corrected chi connectivity index (χ4v) is 2.70. The topological polar surface area (TPSA) is 20.2 Å². The second kappa shape index (κ2) is 2.95. The summed E-state index contributed by atoms with van der Waals surface area (Å²) in [7, 11) is 0. The molecule has 1 nitrogen and oxygen atoms in total. The van der Waals surface area contributed by atoms with Crippen molar-refractivity contribution in [2.24, 2.45) is 5.92 Å². The molecule has 1 aliphatic carbocycles. The second-order valence-corrected chi connectivity index (χ2v) is 4.16. The Labute approximate surface area is 70.7 Å². The first-order valence-electron chi connectivity index (χ1n) is 4.06. The van der Waals surface area contributed by atoms with Crippen LogP contribution in [0, 0.1) is 5.92 Å². The van der Waals surface area contributed by atoms with E-state index in [0.717, 1.165) is 6.42 Å². The molecule has 0 bridgehead atoms. The van der Waals surface area contributed by atoms with Crippen molar-refractivity contribution in [3.8, 4) is 0 Å². The summed E-state index contributed by atoms with van der Waals surface area (Å²) < 4.78 is 0. The first-order valence-corrected chi connectivity index (χ1v) is 4.94. The Hall–Kier alpha value is -0.340. The van der Waals surface area contributed by atoms with Crippen molar-refractivity contribution in [2.45, 2.75) is 19.3 Å². The summed E-state index contributed by atoms with van der Waals surface area (Å²) in [5.41, 5.74) is 1.51. The molecule has 11 heavy (non-hydrogen) atoms. The van der Waals surface area contributed by atoms with E-state index in [-0.39, 0.29) is 0 Å². The van der Waals surface area contributed by atoms with Crippen LogP contribution >= 0.6 is 11.3 Å². The lowest BCUT2D eigenvalue weighted by molar-refractivity contribution is 0.214. The Morgan fingerprint density at radius 3 is 3.36 bits per heavy atom. The normalized spacial score (nSPS) is 23.2. The Bertz CT molecular complexity index is 241. The molecule has 1 atom stereocenters. The summed E-state index contributed by atoms with van der Waals surface area (Å²) in [5, 5.41) is 11.1. The van der Waals surface area contributed by atoms with E-state index in [1.165, 1.54) is 23.3 Å². The zero-order chi connectivity index (χ0) is 7.68. The minimum Gasteiger partial charge on any atom is -0.396 e. The van der Waals surface area contributed by atoms with E-state index in [2.05, 4.69) is 11.4 Å². The van der Waals surface area contributed by atoms with E-state index in [1.807, 2.05) is 11.3 Å². The average molecular weight is 168 g/mol. The van der Waals surface area contributed by atoms with Crippen LogP contribution in [0.15, 0.2) is 11.4 Å². The van der Waals surface area contributed by atoms with Gasteiger partial charge < -0.3 is 5.11 Å². The van der Waals surface area contributed by atoms with Crippen LogP contribution in [0.1, 0.15) is 16.9 Å². The molecule has 0 saturated heterocycles. The average Bonchev–Trinajstić information content (AvgIpc) is 2.50. The van der Waals surface area contributed by atoms with Gasteiger partial charge in [0.15, 0.2) is 0 Å². The highest BCUT2D eigenvalue weighted by Crippen LogP contribution is 2.28. The minimum atomic E-state index is 0.358. The molecular weight excluding hydrogens is 156 g/mol. The summed E-state index contributed by atoms with van der Waals surface area (Å²) >= 11 is 1.83. The van der Waals surface area contributed by atoms with Crippen LogP contribution in [0.4, 0.5) is 0 Å². The molecule has 1 aromatic heterocycles. The molecule has 1 unspecified atom stereocenters. The van der Waals surface area contributed by atoms with Crippen LogP contribution in [0.2, 0.25) is 0 Å². The first kappa shape index (κ1) is 7.32. The highest BCUT2D eigenvalue weighted by atomic mass is 32.1. The molecule has 1 heterocycles. The van der Waals surface area contributed by atoms with Crippen molar-refractivity contribution >= 4 is 11.3 Å². The molecule has 2 heteroatoms. The van der Waals surface area contributed by atoms with Gasteiger partial charge in [0.05, 0.1) is 0 Å². The van der Waals surface area contributed by atoms with E-state index >= 15 is 0 Å². The molecular formula is C9H12OS. The zero-order valence-corrected chi connectivity index (χ0v) is 7.23. The fraction of sp³-hybridized carbons (Fsp3) is 0.556. The molecule has 0 spiro atoms. The predicted molar refractivity (Wildman–Crippen MR) is 46.9 cm³/mol. The lowest BCUT2D eigenvalue weighted by atomic mass is 9.90. The Kier molecular flexibility index (Phi) is 1.96. The number of fused-ring (bicyclic) bond motifs is 1. The smallest absolute Gasteiger partial charge is 0.0462 e.